The Hall–Kier alpha value is -3.27. The molecule has 3 N–H and O–H groups in total. The topological polar surface area (TPSA) is 55.9 Å². The van der Waals surface area contributed by atoms with Gasteiger partial charge in [0.2, 0.25) is 0 Å². The molecule has 0 radical (unpaired) electrons. The molecule has 4 heteroatoms. The van der Waals surface area contributed by atoms with Gasteiger partial charge in [-0.15, -0.1) is 0 Å². The number of rotatable bonds is 3. The second kappa shape index (κ2) is 5.50. The number of nitrogens with two attached hydrogens (primary N) is 1. The lowest BCUT2D eigenvalue weighted by atomic mass is 10.2. The fraction of sp³-hybridized carbons (Fsp3) is 0. The van der Waals surface area contributed by atoms with Gasteiger partial charge in [-0.1, -0.05) is 24.3 Å². The summed E-state index contributed by atoms with van der Waals surface area (Å²) in [7, 11) is 0. The molecule has 0 aliphatic heterocycles. The highest BCUT2D eigenvalue weighted by Crippen LogP contribution is 2.25. The van der Waals surface area contributed by atoms with Crippen LogP contribution in [-0.4, -0.2) is 9.55 Å². The third-order valence-electron chi connectivity index (χ3n) is 3.83. The molecule has 0 fully saturated rings. The molecule has 0 unspecified atom stereocenters. The average Bonchev–Trinajstić information content (AvgIpc) is 3.01. The van der Waals surface area contributed by atoms with Crippen LogP contribution < -0.4 is 11.1 Å². The molecule has 0 saturated carbocycles. The van der Waals surface area contributed by atoms with Crippen LogP contribution in [0.2, 0.25) is 0 Å². The lowest BCUT2D eigenvalue weighted by Crippen LogP contribution is -1.99. The van der Waals surface area contributed by atoms with Crippen LogP contribution in [-0.2, 0) is 0 Å². The van der Waals surface area contributed by atoms with E-state index in [2.05, 4.69) is 63.5 Å². The quantitative estimate of drug-likeness (QED) is 0.591. The number of para-hydroxylation sites is 1. The van der Waals surface area contributed by atoms with Crippen molar-refractivity contribution in [3.05, 3.63) is 79.1 Å². The van der Waals surface area contributed by atoms with Gasteiger partial charge >= 0.3 is 0 Å². The number of aromatic nitrogens is 2. The Morgan fingerprint density at radius 1 is 0.913 bits per heavy atom. The molecule has 0 spiro atoms. The van der Waals surface area contributed by atoms with Crippen molar-refractivity contribution in [1.82, 2.24) is 9.55 Å². The van der Waals surface area contributed by atoms with Gasteiger partial charge in [0, 0.05) is 23.8 Å². The van der Waals surface area contributed by atoms with Gasteiger partial charge in [-0.2, -0.15) is 0 Å². The maximum atomic E-state index is 5.95. The van der Waals surface area contributed by atoms with E-state index < -0.39 is 0 Å². The third kappa shape index (κ3) is 2.51. The maximum absolute atomic E-state index is 5.95. The zero-order valence-electron chi connectivity index (χ0n) is 12.5. The van der Waals surface area contributed by atoms with Crippen molar-refractivity contribution in [2.45, 2.75) is 0 Å². The molecule has 0 aliphatic carbocycles. The second-order valence-corrected chi connectivity index (χ2v) is 5.36. The van der Waals surface area contributed by atoms with Crippen molar-refractivity contribution in [3.8, 4) is 5.69 Å². The molecule has 4 aromatic rings. The molecule has 112 valence electrons. The molecular formula is C19H16N4. The van der Waals surface area contributed by atoms with E-state index in [0.29, 0.717) is 11.5 Å². The minimum absolute atomic E-state index is 0.629. The van der Waals surface area contributed by atoms with Gasteiger partial charge in [0.15, 0.2) is 5.82 Å². The van der Waals surface area contributed by atoms with Crippen molar-refractivity contribution in [2.75, 3.05) is 11.1 Å². The summed E-state index contributed by atoms with van der Waals surface area (Å²) in [6.45, 7) is 0. The fourth-order valence-corrected chi connectivity index (χ4v) is 2.70. The zero-order valence-corrected chi connectivity index (χ0v) is 12.5. The molecule has 2 heterocycles. The monoisotopic (exact) mass is 300 g/mol. The number of pyridine rings is 1. The Morgan fingerprint density at radius 3 is 2.74 bits per heavy atom. The summed E-state index contributed by atoms with van der Waals surface area (Å²) in [6.07, 6.45) is 3.81. The number of hydrogen-bond acceptors (Lipinski definition) is 3. The number of fused-ring (bicyclic) bond motifs is 1. The Kier molecular flexibility index (Phi) is 3.20. The van der Waals surface area contributed by atoms with Crippen LogP contribution in [0, 0.1) is 0 Å². The summed E-state index contributed by atoms with van der Waals surface area (Å²) in [5.41, 5.74) is 9.79. The predicted molar refractivity (Wildman–Crippen MR) is 95.2 cm³/mol. The number of anilines is 3. The Bertz CT molecular complexity index is 972. The first-order chi connectivity index (χ1) is 11.3. The lowest BCUT2D eigenvalue weighted by Gasteiger charge is -2.11. The highest BCUT2D eigenvalue weighted by molar-refractivity contribution is 5.82. The molecule has 0 amide bonds. The fourth-order valence-electron chi connectivity index (χ4n) is 2.70. The number of benzene rings is 2. The van der Waals surface area contributed by atoms with E-state index in [9.17, 15) is 0 Å². The minimum atomic E-state index is 0.629. The van der Waals surface area contributed by atoms with E-state index in [1.807, 2.05) is 24.3 Å². The van der Waals surface area contributed by atoms with Crippen molar-refractivity contribution in [3.63, 3.8) is 0 Å². The van der Waals surface area contributed by atoms with Crippen LogP contribution in [0.15, 0.2) is 79.1 Å². The van der Waals surface area contributed by atoms with Crippen molar-refractivity contribution < 1.29 is 0 Å². The van der Waals surface area contributed by atoms with Gasteiger partial charge in [0.25, 0.3) is 0 Å². The molecule has 2 aromatic heterocycles. The third-order valence-corrected chi connectivity index (χ3v) is 3.83. The molecule has 0 aliphatic rings. The number of hydrogen-bond donors (Lipinski definition) is 2. The van der Waals surface area contributed by atoms with Crippen molar-refractivity contribution >= 4 is 28.1 Å². The summed E-state index contributed by atoms with van der Waals surface area (Å²) in [5, 5.41) is 4.50. The highest BCUT2D eigenvalue weighted by Gasteiger charge is 2.05. The average molecular weight is 300 g/mol. The van der Waals surface area contributed by atoms with Gasteiger partial charge in [-0.25, -0.2) is 4.98 Å². The number of nitrogen functional groups attached to an aromatic ring is 1. The van der Waals surface area contributed by atoms with E-state index >= 15 is 0 Å². The molecule has 4 nitrogen and oxygen atoms in total. The summed E-state index contributed by atoms with van der Waals surface area (Å²) in [6, 6.07) is 22.3. The Balaban J connectivity index is 1.73. The lowest BCUT2D eigenvalue weighted by molar-refractivity contribution is 1.13. The Morgan fingerprint density at radius 2 is 1.83 bits per heavy atom. The first-order valence-electron chi connectivity index (χ1n) is 7.45. The smallest absolute Gasteiger partial charge is 0.153 e. The van der Waals surface area contributed by atoms with Crippen molar-refractivity contribution in [2.24, 2.45) is 0 Å². The Labute approximate surface area is 134 Å². The van der Waals surface area contributed by atoms with E-state index in [4.69, 9.17) is 5.73 Å². The summed E-state index contributed by atoms with van der Waals surface area (Å²) < 4.78 is 2.17. The van der Waals surface area contributed by atoms with Crippen LogP contribution >= 0.6 is 0 Å². The first-order valence-corrected chi connectivity index (χ1v) is 7.45. The number of nitrogens with zero attached hydrogens (tertiary/aromatic N) is 2. The normalized spacial score (nSPS) is 10.8. The maximum Gasteiger partial charge on any atom is 0.153 e. The molecule has 2 aromatic carbocycles. The summed E-state index contributed by atoms with van der Waals surface area (Å²) in [5.74, 6) is 0.669. The van der Waals surface area contributed by atoms with Crippen LogP contribution in [0.4, 0.5) is 17.2 Å². The highest BCUT2D eigenvalue weighted by atomic mass is 15.0. The van der Waals surface area contributed by atoms with Crippen LogP contribution in [0.3, 0.4) is 0 Å². The van der Waals surface area contributed by atoms with Crippen molar-refractivity contribution in [1.29, 1.82) is 0 Å². The molecule has 0 atom stereocenters. The first kappa shape index (κ1) is 13.4. The van der Waals surface area contributed by atoms with Gasteiger partial charge in [-0.3, -0.25) is 0 Å². The second-order valence-electron chi connectivity index (χ2n) is 5.36. The van der Waals surface area contributed by atoms with E-state index in [1.54, 1.807) is 6.20 Å². The van der Waals surface area contributed by atoms with Gasteiger partial charge in [-0.05, 0) is 47.9 Å². The molecule has 0 bridgehead atoms. The molecular weight excluding hydrogens is 284 g/mol. The summed E-state index contributed by atoms with van der Waals surface area (Å²) >= 11 is 0. The predicted octanol–water partition coefficient (Wildman–Crippen LogP) is 4.35. The standard InChI is InChI=1S/C19H16N4/c20-17-8-4-11-21-19(17)22-15-6-3-7-16(13-15)23-12-10-14-5-1-2-9-18(14)23/h1-13H,20H2,(H,21,22). The molecule has 4 rings (SSSR count). The summed E-state index contributed by atoms with van der Waals surface area (Å²) in [4.78, 5) is 4.27. The van der Waals surface area contributed by atoms with Gasteiger partial charge < -0.3 is 15.6 Å². The van der Waals surface area contributed by atoms with Crippen LogP contribution in [0.1, 0.15) is 0 Å². The van der Waals surface area contributed by atoms with Gasteiger partial charge in [0.1, 0.15) is 0 Å². The van der Waals surface area contributed by atoms with Crippen LogP contribution in [0.25, 0.3) is 16.6 Å². The largest absolute Gasteiger partial charge is 0.396 e. The SMILES string of the molecule is Nc1cccnc1Nc1cccc(-n2ccc3ccccc32)c1. The number of nitrogens with one attached hydrogen (secondary N) is 1. The van der Waals surface area contributed by atoms with E-state index in [-0.39, 0.29) is 0 Å². The molecule has 0 saturated heterocycles. The molecule has 23 heavy (non-hydrogen) atoms. The van der Waals surface area contributed by atoms with E-state index in [0.717, 1.165) is 11.4 Å². The zero-order chi connectivity index (χ0) is 15.6. The van der Waals surface area contributed by atoms with Crippen LogP contribution in [0.5, 0.6) is 0 Å². The van der Waals surface area contributed by atoms with E-state index in [1.165, 1.54) is 10.9 Å². The van der Waals surface area contributed by atoms with Gasteiger partial charge in [0.05, 0.1) is 11.2 Å². The minimum Gasteiger partial charge on any atom is -0.396 e.